The zero-order chi connectivity index (χ0) is 19.9. The lowest BCUT2D eigenvalue weighted by Gasteiger charge is -2.15. The van der Waals surface area contributed by atoms with Gasteiger partial charge in [-0.15, -0.1) is 0 Å². The van der Waals surface area contributed by atoms with Crippen molar-refractivity contribution in [1.82, 2.24) is 10.2 Å². The van der Waals surface area contributed by atoms with E-state index in [0.29, 0.717) is 25.1 Å². The van der Waals surface area contributed by atoms with E-state index >= 15 is 0 Å². The van der Waals surface area contributed by atoms with Crippen LogP contribution in [0.5, 0.6) is 11.5 Å². The quantitative estimate of drug-likeness (QED) is 0.391. The van der Waals surface area contributed by atoms with E-state index in [2.05, 4.69) is 5.32 Å². The zero-order valence-corrected chi connectivity index (χ0v) is 15.6. The van der Waals surface area contributed by atoms with Gasteiger partial charge in [0.2, 0.25) is 5.91 Å². The first kappa shape index (κ1) is 19.5. The fourth-order valence-corrected chi connectivity index (χ4v) is 3.10. The Balaban J connectivity index is 1.47. The van der Waals surface area contributed by atoms with Crippen molar-refractivity contribution in [3.8, 4) is 11.5 Å². The van der Waals surface area contributed by atoms with Gasteiger partial charge in [0, 0.05) is 31.6 Å². The van der Waals surface area contributed by atoms with Crippen molar-refractivity contribution in [3.63, 3.8) is 0 Å². The third-order valence-corrected chi connectivity index (χ3v) is 4.70. The summed E-state index contributed by atoms with van der Waals surface area (Å²) in [7, 11) is 0. The van der Waals surface area contributed by atoms with Crippen LogP contribution < -0.4 is 5.32 Å². The molecule has 28 heavy (non-hydrogen) atoms. The maximum Gasteiger partial charge on any atom is 0.251 e. The minimum atomic E-state index is -0.164. The first-order valence-electron chi connectivity index (χ1n) is 9.39. The number of benzene rings is 2. The van der Waals surface area contributed by atoms with Gasteiger partial charge in [-0.05, 0) is 48.2 Å². The van der Waals surface area contributed by atoms with Crippen LogP contribution in [-0.4, -0.2) is 46.6 Å². The number of rotatable bonds is 7. The molecular formula is C22H24N2O4. The van der Waals surface area contributed by atoms with Crippen LogP contribution in [0.2, 0.25) is 0 Å². The van der Waals surface area contributed by atoms with Crippen molar-refractivity contribution in [1.29, 1.82) is 0 Å². The molecule has 2 aromatic carbocycles. The fourth-order valence-electron chi connectivity index (χ4n) is 3.10. The molecular weight excluding hydrogens is 356 g/mol. The number of hydrogen-bond acceptors (Lipinski definition) is 4. The molecule has 3 rings (SSSR count). The second-order valence-corrected chi connectivity index (χ2v) is 6.80. The minimum absolute atomic E-state index is 0.133. The first-order chi connectivity index (χ1) is 13.5. The summed E-state index contributed by atoms with van der Waals surface area (Å²) < 4.78 is 0. The van der Waals surface area contributed by atoms with Crippen LogP contribution in [-0.2, 0) is 4.79 Å². The summed E-state index contributed by atoms with van der Waals surface area (Å²) in [4.78, 5) is 25.6. The molecule has 6 heteroatoms. The molecule has 1 aliphatic rings. The SMILES string of the molecule is O=C(NCCCN1CCCC1=O)c1ccc(/C=C/c2ccc(O)c(O)c2)cc1. The van der Waals surface area contributed by atoms with E-state index in [1.165, 1.54) is 12.1 Å². The van der Waals surface area contributed by atoms with E-state index in [1.54, 1.807) is 18.2 Å². The average Bonchev–Trinajstić information content (AvgIpc) is 3.11. The first-order valence-corrected chi connectivity index (χ1v) is 9.39. The van der Waals surface area contributed by atoms with Crippen molar-refractivity contribution >= 4 is 24.0 Å². The number of phenolic OH excluding ortho intramolecular Hbond substituents is 2. The molecule has 0 spiro atoms. The van der Waals surface area contributed by atoms with Crippen molar-refractivity contribution < 1.29 is 19.8 Å². The lowest BCUT2D eigenvalue weighted by molar-refractivity contribution is -0.127. The van der Waals surface area contributed by atoms with Crippen LogP contribution in [0, 0.1) is 0 Å². The molecule has 0 unspecified atom stereocenters. The number of amides is 2. The van der Waals surface area contributed by atoms with Gasteiger partial charge in [0.15, 0.2) is 11.5 Å². The smallest absolute Gasteiger partial charge is 0.251 e. The molecule has 146 valence electrons. The summed E-state index contributed by atoms with van der Waals surface area (Å²) in [5.74, 6) is -0.243. The Bertz CT molecular complexity index is 875. The third-order valence-electron chi connectivity index (χ3n) is 4.70. The van der Waals surface area contributed by atoms with E-state index in [9.17, 15) is 19.8 Å². The van der Waals surface area contributed by atoms with Crippen LogP contribution >= 0.6 is 0 Å². The van der Waals surface area contributed by atoms with Crippen LogP contribution in [0.15, 0.2) is 42.5 Å². The highest BCUT2D eigenvalue weighted by molar-refractivity contribution is 5.94. The summed E-state index contributed by atoms with van der Waals surface area (Å²) >= 11 is 0. The number of likely N-dealkylation sites (tertiary alicyclic amines) is 1. The maximum atomic E-state index is 12.2. The standard InChI is InChI=1S/C22H24N2O4/c25-19-11-8-17(15-20(19)26)5-4-16-6-9-18(10-7-16)22(28)23-12-2-14-24-13-1-3-21(24)27/h4-11,15,25-26H,1-3,12-14H2,(H,23,28)/b5-4+. The number of aromatic hydroxyl groups is 2. The monoisotopic (exact) mass is 380 g/mol. The third kappa shape index (κ3) is 5.13. The Kier molecular flexibility index (Phi) is 6.32. The molecule has 2 aromatic rings. The average molecular weight is 380 g/mol. The Morgan fingerprint density at radius 2 is 1.75 bits per heavy atom. The molecule has 1 heterocycles. The molecule has 6 nitrogen and oxygen atoms in total. The second kappa shape index (κ2) is 9.08. The molecule has 0 radical (unpaired) electrons. The van der Waals surface area contributed by atoms with E-state index in [4.69, 9.17) is 0 Å². The maximum absolute atomic E-state index is 12.2. The van der Waals surface area contributed by atoms with Crippen LogP contribution in [0.4, 0.5) is 0 Å². The van der Waals surface area contributed by atoms with Gasteiger partial charge >= 0.3 is 0 Å². The molecule has 0 saturated carbocycles. The van der Waals surface area contributed by atoms with Gasteiger partial charge in [-0.3, -0.25) is 9.59 Å². The molecule has 1 fully saturated rings. The highest BCUT2D eigenvalue weighted by atomic mass is 16.3. The van der Waals surface area contributed by atoms with Gasteiger partial charge in [-0.1, -0.05) is 30.4 Å². The molecule has 1 saturated heterocycles. The molecule has 0 bridgehead atoms. The topological polar surface area (TPSA) is 89.9 Å². The number of hydrogen-bond donors (Lipinski definition) is 3. The predicted molar refractivity (Wildman–Crippen MR) is 108 cm³/mol. The van der Waals surface area contributed by atoms with E-state index in [0.717, 1.165) is 30.5 Å². The summed E-state index contributed by atoms with van der Waals surface area (Å²) in [5.41, 5.74) is 2.25. The van der Waals surface area contributed by atoms with Crippen molar-refractivity contribution in [2.24, 2.45) is 0 Å². The minimum Gasteiger partial charge on any atom is -0.504 e. The van der Waals surface area contributed by atoms with E-state index in [-0.39, 0.29) is 23.3 Å². The van der Waals surface area contributed by atoms with Crippen LogP contribution in [0.25, 0.3) is 12.2 Å². The second-order valence-electron chi connectivity index (χ2n) is 6.80. The Labute approximate surface area is 164 Å². The normalized spacial score (nSPS) is 14.0. The van der Waals surface area contributed by atoms with Gasteiger partial charge < -0.3 is 20.4 Å². The lowest BCUT2D eigenvalue weighted by atomic mass is 10.1. The van der Waals surface area contributed by atoms with Gasteiger partial charge in [-0.2, -0.15) is 0 Å². The fraction of sp³-hybridized carbons (Fsp3) is 0.273. The molecule has 0 aliphatic carbocycles. The summed E-state index contributed by atoms with van der Waals surface area (Å²) in [6.07, 6.45) is 5.99. The zero-order valence-electron chi connectivity index (χ0n) is 15.6. The van der Waals surface area contributed by atoms with Crippen LogP contribution in [0.3, 0.4) is 0 Å². The number of carbonyl (C=O) groups is 2. The number of nitrogens with zero attached hydrogens (tertiary/aromatic N) is 1. The lowest BCUT2D eigenvalue weighted by Crippen LogP contribution is -2.30. The van der Waals surface area contributed by atoms with Gasteiger partial charge in [-0.25, -0.2) is 0 Å². The van der Waals surface area contributed by atoms with Crippen molar-refractivity contribution in [2.75, 3.05) is 19.6 Å². The molecule has 0 atom stereocenters. The molecule has 1 aliphatic heterocycles. The van der Waals surface area contributed by atoms with E-state index in [1.807, 2.05) is 29.2 Å². The molecule has 3 N–H and O–H groups in total. The highest BCUT2D eigenvalue weighted by Crippen LogP contribution is 2.25. The van der Waals surface area contributed by atoms with Crippen molar-refractivity contribution in [3.05, 3.63) is 59.2 Å². The summed E-state index contributed by atoms with van der Waals surface area (Å²) in [5, 5.41) is 21.7. The largest absolute Gasteiger partial charge is 0.504 e. The van der Waals surface area contributed by atoms with Gasteiger partial charge in [0.05, 0.1) is 0 Å². The number of carbonyl (C=O) groups excluding carboxylic acids is 2. The van der Waals surface area contributed by atoms with E-state index < -0.39 is 0 Å². The highest BCUT2D eigenvalue weighted by Gasteiger charge is 2.19. The van der Waals surface area contributed by atoms with Crippen molar-refractivity contribution in [2.45, 2.75) is 19.3 Å². The Morgan fingerprint density at radius 3 is 2.43 bits per heavy atom. The van der Waals surface area contributed by atoms with Gasteiger partial charge in [0.25, 0.3) is 5.91 Å². The number of nitrogens with one attached hydrogen (secondary N) is 1. The Hall–Kier alpha value is -3.28. The van der Waals surface area contributed by atoms with Gasteiger partial charge in [0.1, 0.15) is 0 Å². The summed E-state index contributed by atoms with van der Waals surface area (Å²) in [6.45, 7) is 2.05. The Morgan fingerprint density at radius 1 is 1.04 bits per heavy atom. The number of phenols is 2. The summed E-state index contributed by atoms with van der Waals surface area (Å²) in [6, 6.07) is 11.8. The molecule has 0 aromatic heterocycles. The molecule has 2 amide bonds. The van der Waals surface area contributed by atoms with Crippen LogP contribution in [0.1, 0.15) is 40.7 Å². The predicted octanol–water partition coefficient (Wildman–Crippen LogP) is 3.01.